The number of amides is 2. The molecule has 2 heterocycles. The van der Waals surface area contributed by atoms with E-state index in [9.17, 15) is 14.1 Å². The molecule has 3 N–H and O–H groups in total. The van der Waals surface area contributed by atoms with Crippen molar-refractivity contribution in [3.8, 4) is 0 Å². The minimum Gasteiger partial charge on any atom is -0.593 e. The monoisotopic (exact) mass is 430 g/mol. The largest absolute Gasteiger partial charge is 0.593 e. The van der Waals surface area contributed by atoms with E-state index < -0.39 is 11.4 Å². The highest BCUT2D eigenvalue weighted by Gasteiger charge is 2.25. The summed E-state index contributed by atoms with van der Waals surface area (Å²) in [5, 5.41) is 8.78. The molecule has 2 aliphatic rings. The number of anilines is 2. The van der Waals surface area contributed by atoms with Crippen molar-refractivity contribution in [2.75, 3.05) is 36.8 Å². The molecule has 9 heteroatoms. The third-order valence-corrected chi connectivity index (χ3v) is 7.48. The van der Waals surface area contributed by atoms with Gasteiger partial charge in [0.1, 0.15) is 0 Å². The minimum absolute atomic E-state index is 0.0619. The van der Waals surface area contributed by atoms with Crippen LogP contribution in [0.3, 0.4) is 0 Å². The molecule has 152 valence electrons. The normalized spacial score (nSPS) is 20.5. The summed E-state index contributed by atoms with van der Waals surface area (Å²) < 4.78 is 14.6. The van der Waals surface area contributed by atoms with E-state index in [2.05, 4.69) is 16.0 Å². The molecule has 0 aliphatic carbocycles. The number of hydrogen-bond donors (Lipinski definition) is 3. The van der Waals surface area contributed by atoms with Gasteiger partial charge in [-0.3, -0.25) is 9.59 Å². The maximum Gasteiger partial charge on any atom is 0.255 e. The van der Waals surface area contributed by atoms with Gasteiger partial charge in [-0.1, -0.05) is 0 Å². The van der Waals surface area contributed by atoms with Gasteiger partial charge in [0, 0.05) is 29.2 Å². The molecule has 0 bridgehead atoms. The Kier molecular flexibility index (Phi) is 6.12. The number of nitrogens with zero attached hydrogens (tertiary/aromatic N) is 1. The molecule has 29 heavy (non-hydrogen) atoms. The van der Waals surface area contributed by atoms with Crippen molar-refractivity contribution in [2.24, 2.45) is 0 Å². The van der Waals surface area contributed by atoms with E-state index in [0.29, 0.717) is 21.8 Å². The number of carbonyl (C=O) groups excluding carboxylic acids is 2. The second kappa shape index (κ2) is 8.76. The second-order valence-electron chi connectivity index (χ2n) is 6.87. The van der Waals surface area contributed by atoms with Crippen molar-refractivity contribution in [3.63, 3.8) is 0 Å². The van der Waals surface area contributed by atoms with Gasteiger partial charge in [-0.25, -0.2) is 0 Å². The Morgan fingerprint density at radius 2 is 1.93 bits per heavy atom. The van der Waals surface area contributed by atoms with Gasteiger partial charge in [0.25, 0.3) is 5.91 Å². The van der Waals surface area contributed by atoms with Crippen molar-refractivity contribution in [3.05, 3.63) is 48.0 Å². The van der Waals surface area contributed by atoms with Gasteiger partial charge in [-0.05, 0) is 49.4 Å². The van der Waals surface area contributed by atoms with Crippen LogP contribution in [0.1, 0.15) is 17.3 Å². The fourth-order valence-corrected chi connectivity index (χ4v) is 5.28. The lowest BCUT2D eigenvalue weighted by Gasteiger charge is -2.27. The molecule has 2 unspecified atom stereocenters. The number of hydrogen-bond acceptors (Lipinski definition) is 6. The molecule has 2 aliphatic heterocycles. The molecule has 1 fully saturated rings. The number of carbonyl (C=O) groups is 2. The number of nitrogens with one attached hydrogen (secondary N) is 3. The number of piperazine rings is 1. The average molecular weight is 431 g/mol. The second-order valence-corrected chi connectivity index (χ2v) is 9.74. The van der Waals surface area contributed by atoms with Crippen molar-refractivity contribution in [1.29, 1.82) is 0 Å². The first kappa shape index (κ1) is 20.2. The van der Waals surface area contributed by atoms with E-state index in [0.717, 1.165) is 31.1 Å². The zero-order valence-electron chi connectivity index (χ0n) is 15.9. The van der Waals surface area contributed by atoms with Gasteiger partial charge in [-0.2, -0.15) is 0 Å². The first-order valence-corrected chi connectivity index (χ1v) is 11.4. The highest BCUT2D eigenvalue weighted by atomic mass is 32.2. The van der Waals surface area contributed by atoms with Gasteiger partial charge in [0.15, 0.2) is 4.90 Å². The van der Waals surface area contributed by atoms with E-state index in [1.807, 2.05) is 17.3 Å². The lowest BCUT2D eigenvalue weighted by molar-refractivity contribution is -0.115. The summed E-state index contributed by atoms with van der Waals surface area (Å²) in [6.07, 6.45) is 0. The summed E-state index contributed by atoms with van der Waals surface area (Å²) in [5.41, 5.74) is 1.75. The minimum atomic E-state index is -1.20. The maximum atomic E-state index is 12.6. The smallest absolute Gasteiger partial charge is 0.255 e. The quantitative estimate of drug-likeness (QED) is 0.644. The van der Waals surface area contributed by atoms with Crippen LogP contribution in [0.15, 0.2) is 52.3 Å². The van der Waals surface area contributed by atoms with Crippen LogP contribution in [-0.4, -0.2) is 52.1 Å². The maximum absolute atomic E-state index is 12.6. The van der Waals surface area contributed by atoms with Crippen molar-refractivity contribution in [2.45, 2.75) is 22.0 Å². The summed E-state index contributed by atoms with van der Waals surface area (Å²) in [7, 11) is 0. The first-order chi connectivity index (χ1) is 14.0. The Balaban J connectivity index is 1.42. The van der Waals surface area contributed by atoms with Crippen molar-refractivity contribution < 1.29 is 14.1 Å². The molecule has 2 aromatic rings. The van der Waals surface area contributed by atoms with Crippen LogP contribution < -0.4 is 16.0 Å². The summed E-state index contributed by atoms with van der Waals surface area (Å²) >= 11 is 0.283. The Morgan fingerprint density at radius 3 is 2.66 bits per heavy atom. The Labute approximate surface area is 176 Å². The predicted octanol–water partition coefficient (Wildman–Crippen LogP) is 2.30. The van der Waals surface area contributed by atoms with Gasteiger partial charge < -0.3 is 20.5 Å². The lowest BCUT2D eigenvalue weighted by Crippen LogP contribution is -2.46. The summed E-state index contributed by atoms with van der Waals surface area (Å²) in [6, 6.07) is 12.4. The lowest BCUT2D eigenvalue weighted by atomic mass is 10.1. The Morgan fingerprint density at radius 1 is 1.21 bits per heavy atom. The van der Waals surface area contributed by atoms with Crippen LogP contribution in [0.4, 0.5) is 11.4 Å². The number of thioether (sulfide) groups is 1. The highest BCUT2D eigenvalue weighted by molar-refractivity contribution is 8.01. The highest BCUT2D eigenvalue weighted by Crippen LogP contribution is 2.36. The average Bonchev–Trinajstić information content (AvgIpc) is 2.75. The third-order valence-electron chi connectivity index (χ3n) is 4.80. The molecule has 2 atom stereocenters. The fraction of sp³-hybridized carbons (Fsp3) is 0.300. The molecule has 0 spiro atoms. The molecule has 0 aromatic heterocycles. The van der Waals surface area contributed by atoms with Gasteiger partial charge in [0.2, 0.25) is 5.91 Å². The molecule has 2 aromatic carbocycles. The summed E-state index contributed by atoms with van der Waals surface area (Å²) in [5.74, 6) is -0.324. The molecule has 7 nitrogen and oxygen atoms in total. The number of fused-ring (bicyclic) bond motifs is 1. The zero-order valence-corrected chi connectivity index (χ0v) is 17.6. The van der Waals surface area contributed by atoms with Gasteiger partial charge in [0.05, 0.1) is 35.4 Å². The molecular weight excluding hydrogens is 408 g/mol. The van der Waals surface area contributed by atoms with Crippen LogP contribution in [0, 0.1) is 0 Å². The molecular formula is C20H22N4O3S2. The zero-order chi connectivity index (χ0) is 20.4. The fourth-order valence-electron chi connectivity index (χ4n) is 3.17. The number of rotatable bonds is 4. The Bertz CT molecular complexity index is 916. The standard InChI is InChI=1S/C20H22N4O3S2/c1-13-19(25)23-17-12-14(2-7-18(17)28-13)20(26)22-15-3-5-16(6-4-15)29(27)24-10-8-21-9-11-24/h2-7,12-13,21H,8-11H2,1H3,(H,22,26)(H,23,25). The van der Waals surface area contributed by atoms with Crippen LogP contribution in [-0.2, 0) is 16.2 Å². The Hall–Kier alpha value is -2.04. The number of benzene rings is 2. The third kappa shape index (κ3) is 4.59. The topological polar surface area (TPSA) is 96.5 Å². The van der Waals surface area contributed by atoms with Crippen LogP contribution in [0.2, 0.25) is 0 Å². The molecule has 0 radical (unpaired) electrons. The SMILES string of the molecule is CC1Sc2ccc(C(=O)Nc3ccc([S+]([O-])N4CCNCC4)cc3)cc2NC1=O. The van der Waals surface area contributed by atoms with Crippen LogP contribution in [0.5, 0.6) is 0 Å². The summed E-state index contributed by atoms with van der Waals surface area (Å²) in [6.45, 7) is 5.01. The van der Waals surface area contributed by atoms with Crippen molar-refractivity contribution >= 4 is 46.3 Å². The van der Waals surface area contributed by atoms with Crippen LogP contribution in [0.25, 0.3) is 0 Å². The van der Waals surface area contributed by atoms with Gasteiger partial charge >= 0.3 is 0 Å². The first-order valence-electron chi connectivity index (χ1n) is 9.42. The van der Waals surface area contributed by atoms with E-state index in [4.69, 9.17) is 0 Å². The summed E-state index contributed by atoms with van der Waals surface area (Å²) in [4.78, 5) is 26.1. The van der Waals surface area contributed by atoms with E-state index in [1.54, 1.807) is 36.4 Å². The molecule has 0 saturated carbocycles. The van der Waals surface area contributed by atoms with Gasteiger partial charge in [-0.15, -0.1) is 16.1 Å². The van der Waals surface area contributed by atoms with Crippen LogP contribution >= 0.6 is 11.8 Å². The van der Waals surface area contributed by atoms with E-state index in [-0.39, 0.29) is 17.1 Å². The molecule has 1 saturated heterocycles. The molecule has 2 amide bonds. The van der Waals surface area contributed by atoms with E-state index in [1.165, 1.54) is 11.8 Å². The van der Waals surface area contributed by atoms with Crippen molar-refractivity contribution in [1.82, 2.24) is 9.62 Å². The van der Waals surface area contributed by atoms with E-state index >= 15 is 0 Å². The molecule has 4 rings (SSSR count). The predicted molar refractivity (Wildman–Crippen MR) is 116 cm³/mol.